The van der Waals surface area contributed by atoms with E-state index < -0.39 is 14.9 Å². The fourth-order valence-corrected chi connectivity index (χ4v) is 4.56. The van der Waals surface area contributed by atoms with E-state index in [4.69, 9.17) is 0 Å². The van der Waals surface area contributed by atoms with E-state index in [9.17, 15) is 18.5 Å². The smallest absolute Gasteiger partial charge is 0.270 e. The van der Waals surface area contributed by atoms with Crippen LogP contribution in [0.2, 0.25) is 0 Å². The van der Waals surface area contributed by atoms with Crippen LogP contribution in [0.1, 0.15) is 16.7 Å². The summed E-state index contributed by atoms with van der Waals surface area (Å²) >= 11 is 0. The van der Waals surface area contributed by atoms with Gasteiger partial charge in [0.1, 0.15) is 0 Å². The maximum atomic E-state index is 13.2. The second-order valence-corrected chi connectivity index (χ2v) is 9.30. The first-order valence-corrected chi connectivity index (χ1v) is 11.5. The number of hydrogen-bond donors (Lipinski definition) is 2. The lowest BCUT2D eigenvalue weighted by atomic mass is 10.1. The maximum Gasteiger partial charge on any atom is 0.270 e. The Balaban J connectivity index is 1.81. The van der Waals surface area contributed by atoms with E-state index in [0.29, 0.717) is 16.6 Å². The van der Waals surface area contributed by atoms with Gasteiger partial charge in [-0.25, -0.2) is 18.4 Å². The molecule has 2 N–H and O–H groups in total. The molecule has 3 aromatic carbocycles. The van der Waals surface area contributed by atoms with Crippen LogP contribution in [0.5, 0.6) is 0 Å². The normalized spacial score (nSPS) is 11.4. The van der Waals surface area contributed by atoms with Crippen LogP contribution in [0.4, 0.5) is 23.0 Å². The number of aromatic nitrogens is 2. The Morgan fingerprint density at radius 3 is 2.09 bits per heavy atom. The van der Waals surface area contributed by atoms with Crippen molar-refractivity contribution in [2.45, 2.75) is 25.7 Å². The molecule has 0 saturated heterocycles. The molecular weight excluding hydrogens is 442 g/mol. The number of sulfonamides is 1. The van der Waals surface area contributed by atoms with Crippen LogP contribution in [0, 0.1) is 30.9 Å². The number of rotatable bonds is 6. The first-order valence-electron chi connectivity index (χ1n) is 10.0. The van der Waals surface area contributed by atoms with E-state index >= 15 is 0 Å². The minimum Gasteiger partial charge on any atom is -0.337 e. The van der Waals surface area contributed by atoms with E-state index in [1.54, 1.807) is 25.1 Å². The molecule has 0 atom stereocenters. The minimum absolute atomic E-state index is 0.0159. The van der Waals surface area contributed by atoms with Crippen LogP contribution in [0.25, 0.3) is 11.0 Å². The number of aryl methyl sites for hydroxylation is 3. The van der Waals surface area contributed by atoms with Gasteiger partial charge in [0.2, 0.25) is 0 Å². The van der Waals surface area contributed by atoms with Gasteiger partial charge in [-0.3, -0.25) is 14.8 Å². The quantitative estimate of drug-likeness (QED) is 0.304. The van der Waals surface area contributed by atoms with Gasteiger partial charge in [-0.1, -0.05) is 24.3 Å². The summed E-state index contributed by atoms with van der Waals surface area (Å²) in [4.78, 5) is 19.3. The molecule has 0 saturated carbocycles. The molecule has 0 aliphatic carbocycles. The topological polar surface area (TPSA) is 127 Å². The van der Waals surface area contributed by atoms with E-state index in [2.05, 4.69) is 20.0 Å². The summed E-state index contributed by atoms with van der Waals surface area (Å²) < 4.78 is 28.9. The summed E-state index contributed by atoms with van der Waals surface area (Å²) in [6, 6.07) is 16.5. The van der Waals surface area contributed by atoms with Crippen LogP contribution >= 0.6 is 0 Å². The van der Waals surface area contributed by atoms with Gasteiger partial charge in [0.15, 0.2) is 11.6 Å². The fraction of sp³-hybridized carbons (Fsp3) is 0.130. The summed E-state index contributed by atoms with van der Waals surface area (Å²) in [6.45, 7) is 5.54. The third-order valence-electron chi connectivity index (χ3n) is 5.24. The first-order chi connectivity index (χ1) is 15.6. The van der Waals surface area contributed by atoms with Gasteiger partial charge < -0.3 is 5.32 Å². The lowest BCUT2D eigenvalue weighted by Gasteiger charge is -2.15. The van der Waals surface area contributed by atoms with E-state index in [-0.39, 0.29) is 22.2 Å². The number of non-ortho nitro benzene ring substituents is 1. The zero-order valence-corrected chi connectivity index (χ0v) is 19.0. The van der Waals surface area contributed by atoms with Gasteiger partial charge in [-0.15, -0.1) is 0 Å². The molecule has 1 heterocycles. The van der Waals surface area contributed by atoms with E-state index in [1.807, 2.05) is 38.1 Å². The Hall–Kier alpha value is -4.05. The summed E-state index contributed by atoms with van der Waals surface area (Å²) in [7, 11) is -4.20. The van der Waals surface area contributed by atoms with Gasteiger partial charge in [-0.2, -0.15) is 0 Å². The molecule has 9 nitrogen and oxygen atoms in total. The van der Waals surface area contributed by atoms with Gasteiger partial charge in [-0.05, 0) is 61.7 Å². The number of hydrogen-bond acceptors (Lipinski definition) is 7. The Morgan fingerprint density at radius 1 is 0.818 bits per heavy atom. The molecule has 168 valence electrons. The van der Waals surface area contributed by atoms with Crippen molar-refractivity contribution in [1.29, 1.82) is 0 Å². The summed E-state index contributed by atoms with van der Waals surface area (Å²) in [5, 5.41) is 14.3. The van der Waals surface area contributed by atoms with Crippen molar-refractivity contribution in [3.05, 3.63) is 87.5 Å². The number of nitro groups is 1. The highest BCUT2D eigenvalue weighted by Crippen LogP contribution is 2.29. The van der Waals surface area contributed by atoms with Crippen molar-refractivity contribution in [3.63, 3.8) is 0 Å². The molecule has 0 spiro atoms. The number of nitro benzene ring substituents is 1. The monoisotopic (exact) mass is 463 g/mol. The molecule has 4 aromatic rings. The molecule has 0 radical (unpaired) electrons. The Kier molecular flexibility index (Phi) is 5.69. The molecule has 4 rings (SSSR count). The highest BCUT2D eigenvalue weighted by Gasteiger charge is 2.23. The molecule has 0 bridgehead atoms. The summed E-state index contributed by atoms with van der Waals surface area (Å²) in [5.41, 5.74) is 4.02. The molecule has 33 heavy (non-hydrogen) atoms. The third kappa shape index (κ3) is 4.60. The molecule has 0 unspecified atom stereocenters. The number of benzene rings is 3. The van der Waals surface area contributed by atoms with Crippen LogP contribution in [0.15, 0.2) is 65.6 Å². The molecule has 1 aromatic heterocycles. The van der Waals surface area contributed by atoms with Crippen molar-refractivity contribution in [2.75, 3.05) is 10.0 Å². The summed E-state index contributed by atoms with van der Waals surface area (Å²) in [5.74, 6) is 0.196. The fourth-order valence-electron chi connectivity index (χ4n) is 3.29. The van der Waals surface area contributed by atoms with Crippen LogP contribution in [-0.2, 0) is 10.0 Å². The number of para-hydroxylation sites is 2. The zero-order chi connectivity index (χ0) is 23.8. The molecule has 10 heteroatoms. The molecule has 0 aliphatic rings. The van der Waals surface area contributed by atoms with Crippen LogP contribution < -0.4 is 10.0 Å². The highest BCUT2D eigenvalue weighted by atomic mass is 32.2. The number of nitrogens with one attached hydrogen (secondary N) is 2. The Morgan fingerprint density at radius 2 is 1.45 bits per heavy atom. The molecule has 0 aliphatic heterocycles. The van der Waals surface area contributed by atoms with Crippen molar-refractivity contribution < 1.29 is 13.3 Å². The molecule has 0 fully saturated rings. The second-order valence-electron chi connectivity index (χ2n) is 7.65. The summed E-state index contributed by atoms with van der Waals surface area (Å²) in [6.07, 6.45) is 0. The van der Waals surface area contributed by atoms with Crippen molar-refractivity contribution in [3.8, 4) is 0 Å². The first kappa shape index (κ1) is 22.2. The van der Waals surface area contributed by atoms with Crippen LogP contribution in [-0.4, -0.2) is 23.3 Å². The van der Waals surface area contributed by atoms with Crippen molar-refractivity contribution in [2.24, 2.45) is 0 Å². The van der Waals surface area contributed by atoms with Gasteiger partial charge in [0.25, 0.3) is 15.7 Å². The standard InChI is InChI=1S/C23H21N5O4S/c1-14-8-10-17(12-16(14)3)24-22-23(26-20-7-5-4-6-19(20)25-22)27-33(31,32)21-13-18(28(29)30)11-9-15(21)2/h4-13H,1-3H3,(H,24,25)(H,26,27). The van der Waals surface area contributed by atoms with Gasteiger partial charge in [0.05, 0.1) is 20.9 Å². The predicted molar refractivity (Wildman–Crippen MR) is 127 cm³/mol. The lowest BCUT2D eigenvalue weighted by Crippen LogP contribution is -2.17. The minimum atomic E-state index is -4.20. The Bertz CT molecular complexity index is 1500. The number of anilines is 3. The van der Waals surface area contributed by atoms with Crippen LogP contribution in [0.3, 0.4) is 0 Å². The number of nitrogens with zero attached hydrogens (tertiary/aromatic N) is 3. The third-order valence-corrected chi connectivity index (χ3v) is 6.72. The average molecular weight is 464 g/mol. The predicted octanol–water partition coefficient (Wildman–Crippen LogP) is 5.01. The SMILES string of the molecule is Cc1ccc(Nc2nc3ccccc3nc2NS(=O)(=O)c2cc([N+](=O)[O-])ccc2C)cc1C. The van der Waals surface area contributed by atoms with Gasteiger partial charge in [0, 0.05) is 17.8 Å². The lowest BCUT2D eigenvalue weighted by molar-refractivity contribution is -0.385. The van der Waals surface area contributed by atoms with Gasteiger partial charge >= 0.3 is 0 Å². The largest absolute Gasteiger partial charge is 0.337 e. The zero-order valence-electron chi connectivity index (χ0n) is 18.2. The maximum absolute atomic E-state index is 13.2. The van der Waals surface area contributed by atoms with E-state index in [1.165, 1.54) is 12.1 Å². The average Bonchev–Trinajstić information content (AvgIpc) is 2.76. The number of fused-ring (bicyclic) bond motifs is 1. The molecular formula is C23H21N5O4S. The second kappa shape index (κ2) is 8.47. The van der Waals surface area contributed by atoms with E-state index in [0.717, 1.165) is 22.9 Å². The van der Waals surface area contributed by atoms with Crippen molar-refractivity contribution >= 4 is 44.1 Å². The van der Waals surface area contributed by atoms with Crippen molar-refractivity contribution in [1.82, 2.24) is 9.97 Å². The Labute approximate surface area is 190 Å². The highest BCUT2D eigenvalue weighted by molar-refractivity contribution is 7.92. The molecule has 0 amide bonds.